The van der Waals surface area contributed by atoms with Crippen molar-refractivity contribution in [3.05, 3.63) is 65.0 Å². The molecule has 1 heterocycles. The van der Waals surface area contributed by atoms with E-state index in [9.17, 15) is 12.8 Å². The summed E-state index contributed by atoms with van der Waals surface area (Å²) in [4.78, 5) is 2.51. The maximum atomic E-state index is 13.3. The molecule has 2 aromatic rings. The minimum atomic E-state index is -3.46. The lowest BCUT2D eigenvalue weighted by Gasteiger charge is -2.34. The molecule has 0 unspecified atom stereocenters. The number of hydrogen-bond acceptors (Lipinski definition) is 3. The maximum absolute atomic E-state index is 13.3. The molecule has 0 bridgehead atoms. The Kier molecular flexibility index (Phi) is 6.80. The molecule has 0 atom stereocenters. The van der Waals surface area contributed by atoms with Crippen LogP contribution < -0.4 is 0 Å². The molecule has 1 fully saturated rings. The maximum Gasteiger partial charge on any atom is 0.243 e. The Morgan fingerprint density at radius 1 is 0.962 bits per heavy atom. The second-order valence-electron chi connectivity index (χ2n) is 6.56. The number of hydrogen-bond donors (Lipinski definition) is 0. The van der Waals surface area contributed by atoms with Crippen LogP contribution in [-0.4, -0.2) is 43.8 Å². The Hall–Kier alpha value is -1.47. The van der Waals surface area contributed by atoms with Gasteiger partial charge in [0.05, 0.1) is 4.90 Å². The molecule has 0 N–H and O–H groups in total. The Balaban J connectivity index is 0.00000243. The fourth-order valence-corrected chi connectivity index (χ4v) is 4.55. The van der Waals surface area contributed by atoms with Crippen LogP contribution in [0.25, 0.3) is 0 Å². The first-order valence-corrected chi connectivity index (χ1v) is 9.84. The summed E-state index contributed by atoms with van der Waals surface area (Å²) in [5, 5.41) is 0. The second-order valence-corrected chi connectivity index (χ2v) is 8.49. The fraction of sp³-hybridized carbons (Fsp3) is 0.368. The first kappa shape index (κ1) is 20.8. The molecule has 1 saturated heterocycles. The zero-order chi connectivity index (χ0) is 18.0. The zero-order valence-corrected chi connectivity index (χ0v) is 16.6. The Bertz CT molecular complexity index is 866. The van der Waals surface area contributed by atoms with E-state index in [1.165, 1.54) is 12.1 Å². The fourth-order valence-electron chi connectivity index (χ4n) is 3.04. The third kappa shape index (κ3) is 4.62. The van der Waals surface area contributed by atoms with Gasteiger partial charge in [-0.1, -0.05) is 18.2 Å². The molecule has 1 aliphatic heterocycles. The summed E-state index contributed by atoms with van der Waals surface area (Å²) in [5.74, 6) is -0.242. The minimum absolute atomic E-state index is 0. The lowest BCUT2D eigenvalue weighted by atomic mass is 10.1. The second kappa shape index (κ2) is 8.48. The van der Waals surface area contributed by atoms with Crippen molar-refractivity contribution in [1.29, 1.82) is 0 Å². The number of piperazine rings is 1. The third-order valence-electron chi connectivity index (χ3n) is 4.74. The van der Waals surface area contributed by atoms with Crippen molar-refractivity contribution < 1.29 is 12.8 Å². The molecule has 4 nitrogen and oxygen atoms in total. The number of rotatable bonds is 4. The van der Waals surface area contributed by atoms with Gasteiger partial charge in [-0.05, 0) is 54.8 Å². The van der Waals surface area contributed by atoms with E-state index in [0.717, 1.165) is 16.7 Å². The van der Waals surface area contributed by atoms with Gasteiger partial charge in [-0.15, -0.1) is 12.4 Å². The number of nitrogens with zero attached hydrogens (tertiary/aromatic N) is 2. The minimum Gasteiger partial charge on any atom is -0.296 e. The first-order chi connectivity index (χ1) is 11.9. The zero-order valence-electron chi connectivity index (χ0n) is 15.0. The topological polar surface area (TPSA) is 40.6 Å². The molecular formula is C19H24ClFN2O2S. The van der Waals surface area contributed by atoms with Crippen LogP contribution in [0.2, 0.25) is 0 Å². The lowest BCUT2D eigenvalue weighted by molar-refractivity contribution is 0.181. The van der Waals surface area contributed by atoms with Gasteiger partial charge in [0.15, 0.2) is 0 Å². The Labute approximate surface area is 161 Å². The van der Waals surface area contributed by atoms with Crippen LogP contribution in [0.3, 0.4) is 0 Å². The van der Waals surface area contributed by atoms with Crippen molar-refractivity contribution in [3.8, 4) is 0 Å². The normalized spacial score (nSPS) is 16.3. The summed E-state index contributed by atoms with van der Waals surface area (Å²) in [6.07, 6.45) is 0. The van der Waals surface area contributed by atoms with E-state index in [1.807, 2.05) is 26.0 Å². The van der Waals surface area contributed by atoms with Gasteiger partial charge in [0.25, 0.3) is 0 Å². The highest BCUT2D eigenvalue weighted by molar-refractivity contribution is 7.89. The molecule has 0 spiro atoms. The third-order valence-corrected chi connectivity index (χ3v) is 6.64. The number of halogens is 2. The predicted octanol–water partition coefficient (Wildman–Crippen LogP) is 3.37. The van der Waals surface area contributed by atoms with Crippen molar-refractivity contribution in [1.82, 2.24) is 9.21 Å². The first-order valence-electron chi connectivity index (χ1n) is 8.40. The molecule has 2 aromatic carbocycles. The predicted molar refractivity (Wildman–Crippen MR) is 104 cm³/mol. The summed E-state index contributed by atoms with van der Waals surface area (Å²) in [6.45, 7) is 6.70. The van der Waals surface area contributed by atoms with Gasteiger partial charge in [0.1, 0.15) is 5.82 Å². The highest BCUT2D eigenvalue weighted by Crippen LogP contribution is 2.21. The van der Waals surface area contributed by atoms with Crippen LogP contribution in [0.5, 0.6) is 0 Å². The van der Waals surface area contributed by atoms with Crippen LogP contribution in [0.4, 0.5) is 4.39 Å². The number of benzene rings is 2. The smallest absolute Gasteiger partial charge is 0.243 e. The van der Waals surface area contributed by atoms with Crippen LogP contribution in [-0.2, 0) is 16.6 Å². The van der Waals surface area contributed by atoms with E-state index in [-0.39, 0.29) is 18.2 Å². The number of aryl methyl sites for hydroxylation is 2. The van der Waals surface area contributed by atoms with Gasteiger partial charge in [0, 0.05) is 32.7 Å². The van der Waals surface area contributed by atoms with E-state index < -0.39 is 10.0 Å². The molecule has 26 heavy (non-hydrogen) atoms. The van der Waals surface area contributed by atoms with Gasteiger partial charge in [-0.25, -0.2) is 12.8 Å². The number of sulfonamides is 1. The Morgan fingerprint density at radius 3 is 2.27 bits per heavy atom. The summed E-state index contributed by atoms with van der Waals surface area (Å²) < 4.78 is 40.5. The largest absolute Gasteiger partial charge is 0.296 e. The summed E-state index contributed by atoms with van der Waals surface area (Å²) in [6, 6.07) is 11.8. The average molecular weight is 399 g/mol. The quantitative estimate of drug-likeness (QED) is 0.792. The molecule has 142 valence electrons. The monoisotopic (exact) mass is 398 g/mol. The van der Waals surface area contributed by atoms with Crippen molar-refractivity contribution in [2.24, 2.45) is 0 Å². The molecular weight excluding hydrogens is 375 g/mol. The van der Waals surface area contributed by atoms with Crippen molar-refractivity contribution in [3.63, 3.8) is 0 Å². The van der Waals surface area contributed by atoms with E-state index in [0.29, 0.717) is 37.6 Å². The lowest BCUT2D eigenvalue weighted by Crippen LogP contribution is -2.48. The molecule has 0 aliphatic carbocycles. The van der Waals surface area contributed by atoms with E-state index in [2.05, 4.69) is 4.90 Å². The highest BCUT2D eigenvalue weighted by atomic mass is 35.5. The van der Waals surface area contributed by atoms with Crippen LogP contribution >= 0.6 is 12.4 Å². The molecule has 3 rings (SSSR count). The highest BCUT2D eigenvalue weighted by Gasteiger charge is 2.28. The molecule has 0 radical (unpaired) electrons. The van der Waals surface area contributed by atoms with Crippen LogP contribution in [0, 0.1) is 19.7 Å². The van der Waals surface area contributed by atoms with Crippen LogP contribution in [0.15, 0.2) is 47.4 Å². The molecule has 7 heteroatoms. The van der Waals surface area contributed by atoms with Gasteiger partial charge >= 0.3 is 0 Å². The van der Waals surface area contributed by atoms with Crippen molar-refractivity contribution in [2.75, 3.05) is 26.2 Å². The van der Waals surface area contributed by atoms with Crippen LogP contribution in [0.1, 0.15) is 16.7 Å². The van der Waals surface area contributed by atoms with Gasteiger partial charge in [0.2, 0.25) is 10.0 Å². The van der Waals surface area contributed by atoms with E-state index in [4.69, 9.17) is 0 Å². The summed E-state index contributed by atoms with van der Waals surface area (Å²) >= 11 is 0. The van der Waals surface area contributed by atoms with Gasteiger partial charge in [-0.2, -0.15) is 4.31 Å². The summed E-state index contributed by atoms with van der Waals surface area (Å²) in [7, 11) is -3.46. The van der Waals surface area contributed by atoms with E-state index >= 15 is 0 Å². The van der Waals surface area contributed by atoms with Gasteiger partial charge < -0.3 is 0 Å². The molecule has 0 aromatic heterocycles. The van der Waals surface area contributed by atoms with Crippen molar-refractivity contribution >= 4 is 22.4 Å². The van der Waals surface area contributed by atoms with Crippen molar-refractivity contribution in [2.45, 2.75) is 25.3 Å². The average Bonchev–Trinajstić information content (AvgIpc) is 2.58. The SMILES string of the molecule is Cc1ccc(S(=O)(=O)N2CCN(Cc3cccc(F)c3)CC2)cc1C.Cl. The molecule has 0 saturated carbocycles. The van der Waals surface area contributed by atoms with Gasteiger partial charge in [-0.3, -0.25) is 4.90 Å². The Morgan fingerprint density at radius 2 is 1.65 bits per heavy atom. The summed E-state index contributed by atoms with van der Waals surface area (Å²) in [5.41, 5.74) is 2.97. The molecule has 1 aliphatic rings. The van der Waals surface area contributed by atoms with E-state index in [1.54, 1.807) is 22.5 Å². The molecule has 0 amide bonds. The standard InChI is InChI=1S/C19H23FN2O2S.ClH/c1-15-6-7-19(12-16(15)2)25(23,24)22-10-8-21(9-11-22)14-17-4-3-5-18(20)13-17;/h3-7,12-13H,8-11,14H2,1-2H3;1H.